The summed E-state index contributed by atoms with van der Waals surface area (Å²) < 4.78 is 1.75. The molecule has 1 aromatic rings. The Morgan fingerprint density at radius 1 is 1.48 bits per heavy atom. The molecule has 0 saturated heterocycles. The molecule has 0 aliphatic heterocycles. The van der Waals surface area contributed by atoms with E-state index in [4.69, 9.17) is 5.73 Å². The monoisotopic (exact) mass is 292 g/mol. The molecule has 21 heavy (non-hydrogen) atoms. The highest BCUT2D eigenvalue weighted by Crippen LogP contribution is 2.25. The number of nitrogens with two attached hydrogens (primary N) is 1. The van der Waals surface area contributed by atoms with E-state index >= 15 is 0 Å². The molecule has 2 unspecified atom stereocenters. The first-order valence-corrected chi connectivity index (χ1v) is 7.84. The Balaban J connectivity index is 2.00. The second-order valence-electron chi connectivity index (χ2n) is 7.49. The van der Waals surface area contributed by atoms with E-state index in [9.17, 15) is 4.79 Å². The van der Waals surface area contributed by atoms with Crippen LogP contribution in [0.1, 0.15) is 52.1 Å². The number of rotatable bonds is 3. The van der Waals surface area contributed by atoms with Gasteiger partial charge >= 0.3 is 0 Å². The van der Waals surface area contributed by atoms with Gasteiger partial charge in [0.15, 0.2) is 0 Å². The van der Waals surface area contributed by atoms with Crippen LogP contribution in [0.3, 0.4) is 0 Å². The number of carbonyl (C=O) groups is 1. The molecule has 5 heteroatoms. The molecule has 0 aromatic carbocycles. The number of hydrogen-bond acceptors (Lipinski definition) is 3. The molecule has 1 saturated carbocycles. The van der Waals surface area contributed by atoms with E-state index in [1.54, 1.807) is 4.68 Å². The molecule has 3 N–H and O–H groups in total. The van der Waals surface area contributed by atoms with Crippen molar-refractivity contribution in [2.75, 3.05) is 5.32 Å². The average molecular weight is 292 g/mol. The summed E-state index contributed by atoms with van der Waals surface area (Å²) in [5.41, 5.74) is 7.16. The van der Waals surface area contributed by atoms with E-state index in [2.05, 4.69) is 31.2 Å². The van der Waals surface area contributed by atoms with Crippen LogP contribution in [-0.2, 0) is 18.3 Å². The number of carbonyl (C=O) groups excluding carboxylic acids is 1. The Bertz CT molecular complexity index is 501. The van der Waals surface area contributed by atoms with Gasteiger partial charge in [0, 0.05) is 25.1 Å². The van der Waals surface area contributed by atoms with Crippen molar-refractivity contribution in [3.63, 3.8) is 0 Å². The minimum atomic E-state index is 0.0368. The maximum atomic E-state index is 12.4. The largest absolute Gasteiger partial charge is 0.328 e. The first-order valence-electron chi connectivity index (χ1n) is 7.84. The number of aryl methyl sites for hydroxylation is 1. The second-order valence-corrected chi connectivity index (χ2v) is 7.49. The van der Waals surface area contributed by atoms with E-state index in [0.29, 0.717) is 0 Å². The number of amides is 1. The van der Waals surface area contributed by atoms with Crippen LogP contribution in [0.25, 0.3) is 0 Å². The van der Waals surface area contributed by atoms with Crippen LogP contribution in [0.15, 0.2) is 6.07 Å². The van der Waals surface area contributed by atoms with Gasteiger partial charge in [-0.3, -0.25) is 9.48 Å². The first-order chi connectivity index (χ1) is 9.74. The Labute approximate surface area is 127 Å². The number of hydrogen-bond donors (Lipinski definition) is 2. The van der Waals surface area contributed by atoms with Crippen molar-refractivity contribution in [2.45, 2.75) is 58.9 Å². The van der Waals surface area contributed by atoms with Crippen LogP contribution in [0.5, 0.6) is 0 Å². The van der Waals surface area contributed by atoms with Crippen molar-refractivity contribution >= 4 is 11.7 Å². The van der Waals surface area contributed by atoms with Gasteiger partial charge < -0.3 is 11.1 Å². The molecule has 118 valence electrons. The molecule has 0 spiro atoms. The van der Waals surface area contributed by atoms with Gasteiger partial charge in [-0.05, 0) is 31.1 Å². The zero-order valence-electron chi connectivity index (χ0n) is 13.6. The fourth-order valence-corrected chi connectivity index (χ4v) is 2.97. The van der Waals surface area contributed by atoms with Gasteiger partial charge in [-0.25, -0.2) is 0 Å². The Hall–Kier alpha value is -1.36. The molecule has 1 aromatic heterocycles. The van der Waals surface area contributed by atoms with Crippen molar-refractivity contribution in [1.82, 2.24) is 9.78 Å². The lowest BCUT2D eigenvalue weighted by molar-refractivity contribution is -0.120. The predicted molar refractivity (Wildman–Crippen MR) is 84.9 cm³/mol. The molecule has 1 heterocycles. The molecule has 1 aliphatic rings. The lowest BCUT2D eigenvalue weighted by atomic mass is 9.85. The molecule has 2 atom stereocenters. The average Bonchev–Trinajstić information content (AvgIpc) is 2.67. The summed E-state index contributed by atoms with van der Waals surface area (Å²) >= 11 is 0. The maximum absolute atomic E-state index is 12.4. The van der Waals surface area contributed by atoms with Gasteiger partial charge in [0.2, 0.25) is 5.91 Å². The maximum Gasteiger partial charge on any atom is 0.228 e. The quantitative estimate of drug-likeness (QED) is 0.899. The second kappa shape index (κ2) is 6.18. The predicted octanol–water partition coefficient (Wildman–Crippen LogP) is 2.46. The van der Waals surface area contributed by atoms with Gasteiger partial charge in [-0.15, -0.1) is 0 Å². The van der Waals surface area contributed by atoms with Crippen LogP contribution in [0, 0.1) is 11.3 Å². The van der Waals surface area contributed by atoms with Crippen LogP contribution in [0.2, 0.25) is 0 Å². The number of nitrogens with one attached hydrogen (secondary N) is 1. The molecule has 1 aliphatic carbocycles. The van der Waals surface area contributed by atoms with E-state index < -0.39 is 0 Å². The van der Waals surface area contributed by atoms with Gasteiger partial charge in [0.25, 0.3) is 0 Å². The Kier molecular flexibility index (Phi) is 4.71. The van der Waals surface area contributed by atoms with Crippen molar-refractivity contribution in [3.05, 3.63) is 11.8 Å². The van der Waals surface area contributed by atoms with Crippen LogP contribution < -0.4 is 11.1 Å². The SMILES string of the molecule is Cn1nc(CC(C)(C)C)cc1NC(=O)C1CCCC(N)C1. The summed E-state index contributed by atoms with van der Waals surface area (Å²) in [5.74, 6) is 0.892. The highest BCUT2D eigenvalue weighted by molar-refractivity contribution is 5.91. The third kappa shape index (κ3) is 4.56. The van der Waals surface area contributed by atoms with E-state index in [1.165, 1.54) is 0 Å². The standard InChI is InChI=1S/C16H28N4O/c1-16(2,3)10-13-9-14(20(4)19-13)18-15(21)11-6-5-7-12(17)8-11/h9,11-12H,5-8,10,17H2,1-4H3,(H,18,21). The summed E-state index contributed by atoms with van der Waals surface area (Å²) in [4.78, 5) is 12.4. The van der Waals surface area contributed by atoms with E-state index in [0.717, 1.165) is 43.6 Å². The number of aromatic nitrogens is 2. The molecule has 5 nitrogen and oxygen atoms in total. The summed E-state index contributed by atoms with van der Waals surface area (Å²) in [5, 5.41) is 7.50. The van der Waals surface area contributed by atoms with Crippen LogP contribution >= 0.6 is 0 Å². The topological polar surface area (TPSA) is 72.9 Å². The molecule has 0 radical (unpaired) electrons. The molecule has 1 amide bonds. The van der Waals surface area contributed by atoms with Gasteiger partial charge in [0.05, 0.1) is 5.69 Å². The third-order valence-electron chi connectivity index (χ3n) is 3.98. The van der Waals surface area contributed by atoms with E-state index in [-0.39, 0.29) is 23.3 Å². The Morgan fingerprint density at radius 3 is 2.81 bits per heavy atom. The van der Waals surface area contributed by atoms with Crippen molar-refractivity contribution < 1.29 is 4.79 Å². The normalized spacial score (nSPS) is 23.1. The molecule has 2 rings (SSSR count). The zero-order chi connectivity index (χ0) is 15.6. The summed E-state index contributed by atoms with van der Waals surface area (Å²) in [7, 11) is 1.87. The van der Waals surface area contributed by atoms with Crippen molar-refractivity contribution in [3.8, 4) is 0 Å². The molecule has 0 bridgehead atoms. The fraction of sp³-hybridized carbons (Fsp3) is 0.750. The highest BCUT2D eigenvalue weighted by atomic mass is 16.2. The summed E-state index contributed by atoms with van der Waals surface area (Å²) in [6.45, 7) is 6.55. The summed E-state index contributed by atoms with van der Waals surface area (Å²) in [6.07, 6.45) is 4.70. The summed E-state index contributed by atoms with van der Waals surface area (Å²) in [6, 6.07) is 2.14. The molecule has 1 fully saturated rings. The van der Waals surface area contributed by atoms with Gasteiger partial charge in [-0.2, -0.15) is 5.10 Å². The minimum absolute atomic E-state index is 0.0368. The zero-order valence-corrected chi connectivity index (χ0v) is 13.6. The smallest absolute Gasteiger partial charge is 0.228 e. The lowest BCUT2D eigenvalue weighted by Gasteiger charge is -2.25. The van der Waals surface area contributed by atoms with Gasteiger partial charge in [-0.1, -0.05) is 27.2 Å². The van der Waals surface area contributed by atoms with Crippen molar-refractivity contribution in [1.29, 1.82) is 0 Å². The highest BCUT2D eigenvalue weighted by Gasteiger charge is 2.26. The number of anilines is 1. The first kappa shape index (κ1) is 16.0. The van der Waals surface area contributed by atoms with E-state index in [1.807, 2.05) is 13.1 Å². The third-order valence-corrected chi connectivity index (χ3v) is 3.98. The Morgan fingerprint density at radius 2 is 2.19 bits per heavy atom. The fourth-order valence-electron chi connectivity index (χ4n) is 2.97. The minimum Gasteiger partial charge on any atom is -0.328 e. The number of nitrogens with zero attached hydrogens (tertiary/aromatic N) is 2. The molecular formula is C16H28N4O. The van der Waals surface area contributed by atoms with Crippen molar-refractivity contribution in [2.24, 2.45) is 24.1 Å². The van der Waals surface area contributed by atoms with Crippen LogP contribution in [-0.4, -0.2) is 21.7 Å². The molecular weight excluding hydrogens is 264 g/mol. The van der Waals surface area contributed by atoms with Crippen LogP contribution in [0.4, 0.5) is 5.82 Å². The van der Waals surface area contributed by atoms with Gasteiger partial charge in [0.1, 0.15) is 5.82 Å². The lowest BCUT2D eigenvalue weighted by Crippen LogP contribution is -2.34.